The number of rotatable bonds is 6. The summed E-state index contributed by atoms with van der Waals surface area (Å²) < 4.78 is 5.06. The molecule has 0 saturated carbocycles. The van der Waals surface area contributed by atoms with Crippen LogP contribution in [0.5, 0.6) is 0 Å². The summed E-state index contributed by atoms with van der Waals surface area (Å²) in [4.78, 5) is 48.2. The number of anilines is 2. The van der Waals surface area contributed by atoms with Gasteiger partial charge in [-0.2, -0.15) is 0 Å². The maximum absolute atomic E-state index is 12.3. The fourth-order valence-electron chi connectivity index (χ4n) is 3.04. The van der Waals surface area contributed by atoms with E-state index in [9.17, 15) is 24.5 Å². The molecule has 0 aromatic heterocycles. The zero-order chi connectivity index (χ0) is 21.8. The molecule has 9 nitrogen and oxygen atoms in total. The van der Waals surface area contributed by atoms with Gasteiger partial charge in [0.1, 0.15) is 0 Å². The number of nitro benzene ring substituents is 1. The van der Waals surface area contributed by atoms with Crippen molar-refractivity contribution in [1.82, 2.24) is 0 Å². The number of amides is 2. The first-order chi connectivity index (χ1) is 14.2. The van der Waals surface area contributed by atoms with Crippen LogP contribution < -0.4 is 10.2 Å². The molecule has 0 unspecified atom stereocenters. The third kappa shape index (κ3) is 4.93. The summed E-state index contributed by atoms with van der Waals surface area (Å²) in [5.74, 6) is -2.21. The third-order valence-electron chi connectivity index (χ3n) is 4.65. The summed E-state index contributed by atoms with van der Waals surface area (Å²) in [5, 5.41) is 13.8. The fraction of sp³-hybridized carbons (Fsp3) is 0.250. The van der Waals surface area contributed by atoms with Gasteiger partial charge in [0.2, 0.25) is 5.91 Å². The SMILES string of the molecule is Cc1ccc(Cl)cc1NC(=O)COC(=O)[C@H]1CC(=O)N(c2ccc([N+](=O)[O-])cc2)C1. The molecule has 1 heterocycles. The Bertz CT molecular complexity index is 1010. The number of halogens is 1. The fourth-order valence-corrected chi connectivity index (χ4v) is 3.21. The number of hydrogen-bond acceptors (Lipinski definition) is 6. The molecule has 1 aliphatic rings. The standard InChI is InChI=1S/C20H18ClN3O6/c1-12-2-3-14(21)9-17(12)22-18(25)11-30-20(27)13-8-19(26)23(10-13)15-4-6-16(7-5-15)24(28)29/h2-7,9,13H,8,10-11H2,1H3,(H,22,25)/t13-/m0/s1. The van der Waals surface area contributed by atoms with E-state index in [1.54, 1.807) is 25.1 Å². The van der Waals surface area contributed by atoms with Gasteiger partial charge in [0.25, 0.3) is 11.6 Å². The lowest BCUT2D eigenvalue weighted by Crippen LogP contribution is -2.28. The molecule has 0 aliphatic carbocycles. The van der Waals surface area contributed by atoms with E-state index in [2.05, 4.69) is 5.32 Å². The monoisotopic (exact) mass is 431 g/mol. The van der Waals surface area contributed by atoms with Gasteiger partial charge in [-0.3, -0.25) is 24.5 Å². The molecule has 10 heteroatoms. The first-order valence-electron chi connectivity index (χ1n) is 9.02. The molecular formula is C20H18ClN3O6. The van der Waals surface area contributed by atoms with Crippen LogP contribution in [0.4, 0.5) is 17.1 Å². The van der Waals surface area contributed by atoms with Crippen LogP contribution in [0, 0.1) is 23.0 Å². The third-order valence-corrected chi connectivity index (χ3v) is 4.88. The second-order valence-electron chi connectivity index (χ2n) is 6.79. The van der Waals surface area contributed by atoms with Crippen LogP contribution in [0.3, 0.4) is 0 Å². The van der Waals surface area contributed by atoms with Crippen molar-refractivity contribution in [2.24, 2.45) is 5.92 Å². The molecule has 2 aromatic carbocycles. The number of carbonyl (C=O) groups excluding carboxylic acids is 3. The number of nitrogens with zero attached hydrogens (tertiary/aromatic N) is 2. The first-order valence-corrected chi connectivity index (χ1v) is 9.40. The average Bonchev–Trinajstić information content (AvgIpc) is 3.10. The molecular weight excluding hydrogens is 414 g/mol. The second-order valence-corrected chi connectivity index (χ2v) is 7.23. The summed E-state index contributed by atoms with van der Waals surface area (Å²) in [6.45, 7) is 1.38. The summed E-state index contributed by atoms with van der Waals surface area (Å²) in [6, 6.07) is 10.5. The smallest absolute Gasteiger partial charge is 0.311 e. The van der Waals surface area contributed by atoms with Crippen LogP contribution >= 0.6 is 11.6 Å². The van der Waals surface area contributed by atoms with Crippen molar-refractivity contribution in [3.8, 4) is 0 Å². The predicted octanol–water partition coefficient (Wildman–Crippen LogP) is 3.09. The number of esters is 1. The highest BCUT2D eigenvalue weighted by molar-refractivity contribution is 6.31. The van der Waals surface area contributed by atoms with Crippen molar-refractivity contribution in [2.75, 3.05) is 23.4 Å². The number of nitrogens with one attached hydrogen (secondary N) is 1. The van der Waals surface area contributed by atoms with Crippen molar-refractivity contribution in [3.05, 3.63) is 63.2 Å². The largest absolute Gasteiger partial charge is 0.455 e. The Hall–Kier alpha value is -3.46. The maximum Gasteiger partial charge on any atom is 0.311 e. The summed E-state index contributed by atoms with van der Waals surface area (Å²) in [6.07, 6.45) is -0.0646. The number of hydrogen-bond donors (Lipinski definition) is 1. The molecule has 0 spiro atoms. The number of carbonyl (C=O) groups is 3. The maximum atomic E-state index is 12.3. The molecule has 2 amide bonds. The Morgan fingerprint density at radius 2 is 1.97 bits per heavy atom. The van der Waals surface area contributed by atoms with Crippen molar-refractivity contribution in [1.29, 1.82) is 0 Å². The van der Waals surface area contributed by atoms with Crippen molar-refractivity contribution < 1.29 is 24.0 Å². The lowest BCUT2D eigenvalue weighted by atomic mass is 10.1. The minimum Gasteiger partial charge on any atom is -0.455 e. The van der Waals surface area contributed by atoms with Crippen molar-refractivity contribution in [2.45, 2.75) is 13.3 Å². The minimum atomic E-state index is -0.728. The number of non-ortho nitro benzene ring substituents is 1. The van der Waals surface area contributed by atoms with Crippen molar-refractivity contribution in [3.63, 3.8) is 0 Å². The topological polar surface area (TPSA) is 119 Å². The van der Waals surface area contributed by atoms with Gasteiger partial charge in [-0.15, -0.1) is 0 Å². The molecule has 1 atom stereocenters. The lowest BCUT2D eigenvalue weighted by Gasteiger charge is -2.16. The van der Waals surface area contributed by atoms with Gasteiger partial charge in [0, 0.05) is 41.5 Å². The Kier molecular flexibility index (Phi) is 6.31. The van der Waals surface area contributed by atoms with E-state index in [4.69, 9.17) is 16.3 Å². The highest BCUT2D eigenvalue weighted by Crippen LogP contribution is 2.27. The van der Waals surface area contributed by atoms with E-state index in [0.29, 0.717) is 16.4 Å². The van der Waals surface area contributed by atoms with E-state index >= 15 is 0 Å². The van der Waals surface area contributed by atoms with Gasteiger partial charge >= 0.3 is 5.97 Å². The van der Waals surface area contributed by atoms with E-state index in [1.165, 1.54) is 29.2 Å². The molecule has 1 saturated heterocycles. The number of benzene rings is 2. The highest BCUT2D eigenvalue weighted by atomic mass is 35.5. The Morgan fingerprint density at radius 1 is 1.27 bits per heavy atom. The molecule has 2 aromatic rings. The molecule has 30 heavy (non-hydrogen) atoms. The quantitative estimate of drug-likeness (QED) is 0.426. The number of aryl methyl sites for hydroxylation is 1. The summed E-state index contributed by atoms with van der Waals surface area (Å²) in [5.41, 5.74) is 1.68. The summed E-state index contributed by atoms with van der Waals surface area (Å²) >= 11 is 5.91. The van der Waals surface area contributed by atoms with Gasteiger partial charge in [-0.05, 0) is 36.8 Å². The van der Waals surface area contributed by atoms with Gasteiger partial charge in [0.15, 0.2) is 6.61 Å². The predicted molar refractivity (Wildman–Crippen MR) is 109 cm³/mol. The summed E-state index contributed by atoms with van der Waals surface area (Å²) in [7, 11) is 0. The normalized spacial score (nSPS) is 15.7. The minimum absolute atomic E-state index is 0.0646. The van der Waals surface area contributed by atoms with Crippen LogP contribution in [0.1, 0.15) is 12.0 Å². The molecule has 1 aliphatic heterocycles. The first kappa shape index (κ1) is 21.3. The van der Waals surface area contributed by atoms with Crippen LogP contribution in [-0.4, -0.2) is 35.9 Å². The van der Waals surface area contributed by atoms with E-state index in [0.717, 1.165) is 5.56 Å². The van der Waals surface area contributed by atoms with Crippen LogP contribution in [0.25, 0.3) is 0 Å². The van der Waals surface area contributed by atoms with Crippen LogP contribution in [0.15, 0.2) is 42.5 Å². The molecule has 3 rings (SSSR count). The zero-order valence-electron chi connectivity index (χ0n) is 16.0. The zero-order valence-corrected chi connectivity index (χ0v) is 16.7. The molecule has 0 radical (unpaired) electrons. The number of ether oxygens (including phenoxy) is 1. The van der Waals surface area contributed by atoms with Gasteiger partial charge in [0.05, 0.1) is 10.8 Å². The Morgan fingerprint density at radius 3 is 2.63 bits per heavy atom. The highest BCUT2D eigenvalue weighted by Gasteiger charge is 2.36. The van der Waals surface area contributed by atoms with E-state index in [1.807, 2.05) is 0 Å². The lowest BCUT2D eigenvalue weighted by molar-refractivity contribution is -0.384. The number of nitro groups is 1. The van der Waals surface area contributed by atoms with Gasteiger partial charge < -0.3 is 15.0 Å². The van der Waals surface area contributed by atoms with Gasteiger partial charge in [-0.1, -0.05) is 17.7 Å². The van der Waals surface area contributed by atoms with Crippen LogP contribution in [0.2, 0.25) is 5.02 Å². The average molecular weight is 432 g/mol. The Balaban J connectivity index is 1.54. The molecule has 0 bridgehead atoms. The van der Waals surface area contributed by atoms with E-state index in [-0.39, 0.29) is 24.6 Å². The second kappa shape index (κ2) is 8.91. The van der Waals surface area contributed by atoms with E-state index < -0.39 is 29.3 Å². The van der Waals surface area contributed by atoms with Gasteiger partial charge in [-0.25, -0.2) is 0 Å². The molecule has 1 N–H and O–H groups in total. The van der Waals surface area contributed by atoms with Crippen LogP contribution in [-0.2, 0) is 19.1 Å². The molecule has 156 valence electrons. The van der Waals surface area contributed by atoms with Crippen molar-refractivity contribution >= 4 is 46.4 Å². The molecule has 1 fully saturated rings. The Labute approximate surface area is 176 Å².